The summed E-state index contributed by atoms with van der Waals surface area (Å²) in [5.41, 5.74) is 4.52. The average Bonchev–Trinajstić information content (AvgIpc) is 3.14. The fourth-order valence-corrected chi connectivity index (χ4v) is 6.57. The average molecular weight is 396 g/mol. The van der Waals surface area contributed by atoms with Gasteiger partial charge in [0.1, 0.15) is 14.8 Å². The minimum atomic E-state index is -3.77. The summed E-state index contributed by atoms with van der Waals surface area (Å²) in [7, 11) is -3.77. The molecule has 0 saturated heterocycles. The highest BCUT2D eigenvalue weighted by Gasteiger charge is 2.48. The van der Waals surface area contributed by atoms with E-state index < -0.39 is 32.5 Å². The number of aliphatic hydroxyl groups is 1. The molecule has 26 heavy (non-hydrogen) atoms. The van der Waals surface area contributed by atoms with Crippen LogP contribution in [-0.2, 0) is 14.6 Å². The molecular formula is C17H20N2O5S2. The molecule has 2 unspecified atom stereocenters. The van der Waals surface area contributed by atoms with Crippen molar-refractivity contribution in [2.24, 2.45) is 11.7 Å². The lowest BCUT2D eigenvalue weighted by molar-refractivity contribution is -0.125. The number of anilines is 1. The highest BCUT2D eigenvalue weighted by Crippen LogP contribution is 2.40. The number of carbonyl (C=O) groups excluding carboxylic acids is 2. The topological polar surface area (TPSA) is 127 Å². The van der Waals surface area contributed by atoms with Gasteiger partial charge >= 0.3 is 0 Å². The fraction of sp³-hybridized carbons (Fsp3) is 0.412. The Labute approximate surface area is 155 Å². The maximum absolute atomic E-state index is 13.1. The zero-order valence-electron chi connectivity index (χ0n) is 14.4. The standard InChI is InChI=1S/C17H20N2O5S2/c1-9-4-3-5-10(2)13(9)26(23,24)12-8-11(14(18)20)15(25-12)19-16(21)17(22)6-7-17/h3-5,8-9,13,22H,6-7H2,1-2H3,(H2,18,20)(H,19,21). The molecule has 0 spiro atoms. The molecule has 4 N–H and O–H groups in total. The van der Waals surface area contributed by atoms with Crippen LogP contribution in [0.3, 0.4) is 0 Å². The summed E-state index contributed by atoms with van der Waals surface area (Å²) in [6.07, 6.45) is 6.03. The lowest BCUT2D eigenvalue weighted by Crippen LogP contribution is -2.29. The molecule has 1 saturated carbocycles. The Hall–Kier alpha value is -1.97. The van der Waals surface area contributed by atoms with Crippen LogP contribution >= 0.6 is 11.3 Å². The van der Waals surface area contributed by atoms with Crippen molar-refractivity contribution in [2.75, 3.05) is 5.32 Å². The van der Waals surface area contributed by atoms with Gasteiger partial charge in [-0.15, -0.1) is 11.3 Å². The summed E-state index contributed by atoms with van der Waals surface area (Å²) in [5.74, 6) is -1.73. The van der Waals surface area contributed by atoms with Crippen LogP contribution in [0.1, 0.15) is 37.0 Å². The van der Waals surface area contributed by atoms with E-state index in [1.54, 1.807) is 13.0 Å². The second-order valence-electron chi connectivity index (χ2n) is 6.78. The number of amides is 2. The minimum absolute atomic E-state index is 0.0377. The number of primary amides is 1. The van der Waals surface area contributed by atoms with Gasteiger partial charge < -0.3 is 16.2 Å². The molecule has 1 fully saturated rings. The Morgan fingerprint density at radius 2 is 2.04 bits per heavy atom. The molecule has 2 amide bonds. The number of nitrogens with two attached hydrogens (primary N) is 1. The van der Waals surface area contributed by atoms with Crippen molar-refractivity contribution in [1.29, 1.82) is 0 Å². The number of hydrogen-bond acceptors (Lipinski definition) is 6. The number of carbonyl (C=O) groups is 2. The second-order valence-corrected chi connectivity index (χ2v) is 10.1. The van der Waals surface area contributed by atoms with Gasteiger partial charge in [0.2, 0.25) is 0 Å². The quantitative estimate of drug-likeness (QED) is 0.697. The molecule has 0 radical (unpaired) electrons. The molecule has 2 atom stereocenters. The van der Waals surface area contributed by atoms with E-state index in [1.165, 1.54) is 6.07 Å². The van der Waals surface area contributed by atoms with Crippen LogP contribution in [0.15, 0.2) is 34.1 Å². The van der Waals surface area contributed by atoms with Crippen LogP contribution in [0.5, 0.6) is 0 Å². The third-order valence-corrected chi connectivity index (χ3v) is 8.60. The van der Waals surface area contributed by atoms with Crippen molar-refractivity contribution in [2.45, 2.75) is 41.7 Å². The van der Waals surface area contributed by atoms with Crippen molar-refractivity contribution in [3.05, 3.63) is 35.4 Å². The van der Waals surface area contributed by atoms with E-state index in [0.717, 1.165) is 11.3 Å². The van der Waals surface area contributed by atoms with E-state index in [0.29, 0.717) is 18.4 Å². The van der Waals surface area contributed by atoms with E-state index in [9.17, 15) is 23.1 Å². The molecule has 0 bridgehead atoms. The number of nitrogens with one attached hydrogen (secondary N) is 1. The molecule has 7 nitrogen and oxygen atoms in total. The summed E-state index contributed by atoms with van der Waals surface area (Å²) in [6.45, 7) is 3.55. The zero-order chi connectivity index (χ0) is 19.3. The van der Waals surface area contributed by atoms with Crippen LogP contribution in [0.25, 0.3) is 0 Å². The van der Waals surface area contributed by atoms with Gasteiger partial charge in [-0.05, 0) is 31.7 Å². The van der Waals surface area contributed by atoms with Crippen LogP contribution in [0, 0.1) is 5.92 Å². The number of hydrogen-bond donors (Lipinski definition) is 3. The molecule has 2 aliphatic carbocycles. The van der Waals surface area contributed by atoms with Gasteiger partial charge in [-0.1, -0.05) is 30.7 Å². The van der Waals surface area contributed by atoms with Crippen molar-refractivity contribution in [1.82, 2.24) is 0 Å². The normalized spacial score (nSPS) is 24.0. The number of sulfone groups is 1. The van der Waals surface area contributed by atoms with E-state index in [-0.39, 0.29) is 20.7 Å². The van der Waals surface area contributed by atoms with Gasteiger partial charge in [0, 0.05) is 0 Å². The predicted molar refractivity (Wildman–Crippen MR) is 98.7 cm³/mol. The molecule has 140 valence electrons. The SMILES string of the molecule is CC1=CC=CC(C)C1S(=O)(=O)c1cc(C(N)=O)c(NC(=O)C2(O)CC2)s1. The van der Waals surface area contributed by atoms with E-state index >= 15 is 0 Å². The first-order valence-electron chi connectivity index (χ1n) is 8.12. The maximum atomic E-state index is 13.1. The molecular weight excluding hydrogens is 376 g/mol. The highest BCUT2D eigenvalue weighted by molar-refractivity contribution is 7.94. The summed E-state index contributed by atoms with van der Waals surface area (Å²) < 4.78 is 26.2. The Bertz CT molecular complexity index is 938. The summed E-state index contributed by atoms with van der Waals surface area (Å²) in [6, 6.07) is 1.20. The Morgan fingerprint density at radius 1 is 1.38 bits per heavy atom. The van der Waals surface area contributed by atoms with Crippen LogP contribution in [0.2, 0.25) is 0 Å². The smallest absolute Gasteiger partial charge is 0.256 e. The molecule has 2 aliphatic rings. The molecule has 1 aromatic rings. The van der Waals surface area contributed by atoms with Gasteiger partial charge in [0.05, 0.1) is 10.8 Å². The van der Waals surface area contributed by atoms with Crippen LogP contribution in [0.4, 0.5) is 5.00 Å². The predicted octanol–water partition coefficient (Wildman–Crippen LogP) is 1.60. The Kier molecular flexibility index (Phi) is 4.58. The lowest BCUT2D eigenvalue weighted by Gasteiger charge is -2.24. The molecule has 1 heterocycles. The van der Waals surface area contributed by atoms with Crippen LogP contribution in [-0.4, -0.2) is 36.2 Å². The van der Waals surface area contributed by atoms with Gasteiger partial charge in [-0.3, -0.25) is 9.59 Å². The zero-order valence-corrected chi connectivity index (χ0v) is 16.0. The third-order valence-electron chi connectivity index (χ3n) is 4.66. The van der Waals surface area contributed by atoms with Gasteiger partial charge in [-0.25, -0.2) is 8.42 Å². The van der Waals surface area contributed by atoms with E-state index in [1.807, 2.05) is 19.1 Å². The van der Waals surface area contributed by atoms with Crippen molar-refractivity contribution >= 4 is 38.0 Å². The minimum Gasteiger partial charge on any atom is -0.380 e. The molecule has 1 aromatic heterocycles. The Balaban J connectivity index is 1.99. The van der Waals surface area contributed by atoms with E-state index in [2.05, 4.69) is 5.32 Å². The van der Waals surface area contributed by atoms with Crippen molar-refractivity contribution in [3.63, 3.8) is 0 Å². The summed E-state index contributed by atoms with van der Waals surface area (Å²) in [5, 5.41) is 11.6. The second kappa shape index (κ2) is 6.33. The Morgan fingerprint density at radius 3 is 2.58 bits per heavy atom. The van der Waals surface area contributed by atoms with Crippen molar-refractivity contribution in [3.8, 4) is 0 Å². The first-order chi connectivity index (χ1) is 12.1. The van der Waals surface area contributed by atoms with Gasteiger partial charge in [0.25, 0.3) is 11.8 Å². The number of thiophene rings is 1. The molecule has 0 aromatic carbocycles. The number of rotatable bonds is 5. The number of allylic oxidation sites excluding steroid dienone is 3. The van der Waals surface area contributed by atoms with Crippen molar-refractivity contribution < 1.29 is 23.1 Å². The van der Waals surface area contributed by atoms with E-state index in [4.69, 9.17) is 5.73 Å². The molecule has 3 rings (SSSR count). The van der Waals surface area contributed by atoms with Gasteiger partial charge in [0.15, 0.2) is 9.84 Å². The molecule has 0 aliphatic heterocycles. The summed E-state index contributed by atoms with van der Waals surface area (Å²) in [4.78, 5) is 23.8. The highest BCUT2D eigenvalue weighted by atomic mass is 32.2. The third kappa shape index (κ3) is 3.22. The first-order valence-corrected chi connectivity index (χ1v) is 10.5. The molecule has 9 heteroatoms. The largest absolute Gasteiger partial charge is 0.380 e. The first kappa shape index (κ1) is 18.8. The summed E-state index contributed by atoms with van der Waals surface area (Å²) >= 11 is 0.782. The fourth-order valence-electron chi connectivity index (χ4n) is 2.99. The van der Waals surface area contributed by atoms with Crippen LogP contribution < -0.4 is 11.1 Å². The van der Waals surface area contributed by atoms with Gasteiger partial charge in [-0.2, -0.15) is 0 Å². The lowest BCUT2D eigenvalue weighted by atomic mass is 9.96. The monoisotopic (exact) mass is 396 g/mol. The maximum Gasteiger partial charge on any atom is 0.256 e.